The van der Waals surface area contributed by atoms with Gasteiger partial charge in [0, 0.05) is 10.0 Å². The van der Waals surface area contributed by atoms with Gasteiger partial charge in [-0.3, -0.25) is 0 Å². The van der Waals surface area contributed by atoms with Gasteiger partial charge in [0.25, 0.3) is 0 Å². The van der Waals surface area contributed by atoms with E-state index in [1.807, 2.05) is 31.2 Å². The third kappa shape index (κ3) is 5.61. The Kier molecular flexibility index (Phi) is 7.11. The molecule has 0 amide bonds. The lowest BCUT2D eigenvalue weighted by molar-refractivity contribution is -0.129. The quantitative estimate of drug-likeness (QED) is 0.256. The Morgan fingerprint density at radius 2 is 1.94 bits per heavy atom. The van der Waals surface area contributed by atoms with Gasteiger partial charge in [0.15, 0.2) is 17.2 Å². The minimum atomic E-state index is -0.640. The molecule has 1 heterocycles. The van der Waals surface area contributed by atoms with Crippen LogP contribution in [0.25, 0.3) is 6.08 Å². The molecule has 33 heavy (non-hydrogen) atoms. The third-order valence-electron chi connectivity index (χ3n) is 4.60. The zero-order valence-corrected chi connectivity index (χ0v) is 19.8. The number of rotatable bonds is 7. The maximum absolute atomic E-state index is 13.5. The van der Waals surface area contributed by atoms with Crippen LogP contribution in [-0.2, 0) is 16.1 Å². The summed E-state index contributed by atoms with van der Waals surface area (Å²) in [7, 11) is 0. The van der Waals surface area contributed by atoms with E-state index >= 15 is 0 Å². The van der Waals surface area contributed by atoms with Gasteiger partial charge in [0.1, 0.15) is 12.4 Å². The number of aliphatic imine (C=N–C) groups is 1. The molecule has 0 fully saturated rings. The van der Waals surface area contributed by atoms with Crippen LogP contribution in [0.2, 0.25) is 5.02 Å². The molecule has 0 radical (unpaired) electrons. The third-order valence-corrected chi connectivity index (χ3v) is 5.37. The normalized spacial score (nSPS) is 14.2. The fourth-order valence-corrected chi connectivity index (χ4v) is 3.89. The lowest BCUT2D eigenvalue weighted by Crippen LogP contribution is -2.05. The van der Waals surface area contributed by atoms with Gasteiger partial charge in [-0.25, -0.2) is 14.2 Å². The van der Waals surface area contributed by atoms with E-state index in [0.717, 1.165) is 10.0 Å². The van der Waals surface area contributed by atoms with E-state index in [1.54, 1.807) is 18.2 Å². The highest BCUT2D eigenvalue weighted by molar-refractivity contribution is 9.10. The molecule has 1 aliphatic rings. The summed E-state index contributed by atoms with van der Waals surface area (Å²) in [5, 5.41) is 0.323. The molecule has 3 aromatic carbocycles. The van der Waals surface area contributed by atoms with Crippen LogP contribution in [0.1, 0.15) is 23.6 Å². The summed E-state index contributed by atoms with van der Waals surface area (Å²) in [6, 6.07) is 16.8. The minimum Gasteiger partial charge on any atom is -0.490 e. The SMILES string of the molecule is CCOc1cc(/C=C2\N=C(c3cccc(F)c3)OC2=O)cc(Cl)c1OCc1cccc(Br)c1. The second kappa shape index (κ2) is 10.2. The van der Waals surface area contributed by atoms with Gasteiger partial charge in [-0.2, -0.15) is 0 Å². The van der Waals surface area contributed by atoms with Crippen molar-refractivity contribution in [3.63, 3.8) is 0 Å². The smallest absolute Gasteiger partial charge is 0.363 e. The monoisotopic (exact) mass is 529 g/mol. The van der Waals surface area contributed by atoms with E-state index in [-0.39, 0.29) is 11.6 Å². The minimum absolute atomic E-state index is 0.0378. The summed E-state index contributed by atoms with van der Waals surface area (Å²) in [4.78, 5) is 16.5. The highest BCUT2D eigenvalue weighted by atomic mass is 79.9. The van der Waals surface area contributed by atoms with Gasteiger partial charge in [-0.05, 0) is 66.6 Å². The van der Waals surface area contributed by atoms with Crippen molar-refractivity contribution in [3.05, 3.63) is 98.4 Å². The van der Waals surface area contributed by atoms with Crippen molar-refractivity contribution in [2.75, 3.05) is 6.61 Å². The zero-order valence-electron chi connectivity index (χ0n) is 17.5. The van der Waals surface area contributed by atoms with Crippen molar-refractivity contribution in [3.8, 4) is 11.5 Å². The van der Waals surface area contributed by atoms with Crippen molar-refractivity contribution in [2.24, 2.45) is 4.99 Å². The molecule has 0 bridgehead atoms. The Hall–Kier alpha value is -3.16. The number of halogens is 3. The molecule has 168 valence electrons. The molecule has 5 nitrogen and oxygen atoms in total. The van der Waals surface area contributed by atoms with Crippen molar-refractivity contribution >= 4 is 45.5 Å². The molecule has 0 saturated heterocycles. The first-order valence-corrected chi connectivity index (χ1v) is 11.2. The standard InChI is InChI=1S/C25H18BrClFNO4/c1-2-31-22-12-16(10-20(27)23(22)32-14-15-5-3-7-18(26)9-15)11-21-25(30)33-24(29-21)17-6-4-8-19(28)13-17/h3-13H,2,14H2,1H3/b21-11-. The van der Waals surface area contributed by atoms with E-state index in [4.69, 9.17) is 25.8 Å². The molecule has 3 aromatic rings. The highest BCUT2D eigenvalue weighted by Gasteiger charge is 2.25. The molecule has 0 atom stereocenters. The first-order chi connectivity index (χ1) is 15.9. The maximum Gasteiger partial charge on any atom is 0.363 e. The summed E-state index contributed by atoms with van der Waals surface area (Å²) in [6.07, 6.45) is 1.53. The van der Waals surface area contributed by atoms with E-state index < -0.39 is 11.8 Å². The molecule has 0 spiro atoms. The van der Waals surface area contributed by atoms with E-state index in [0.29, 0.717) is 40.9 Å². The van der Waals surface area contributed by atoms with E-state index in [2.05, 4.69) is 20.9 Å². The Morgan fingerprint density at radius 3 is 2.70 bits per heavy atom. The first-order valence-electron chi connectivity index (χ1n) is 10.0. The Morgan fingerprint density at radius 1 is 1.12 bits per heavy atom. The fourth-order valence-electron chi connectivity index (χ4n) is 3.17. The highest BCUT2D eigenvalue weighted by Crippen LogP contribution is 2.38. The second-order valence-electron chi connectivity index (χ2n) is 7.03. The zero-order chi connectivity index (χ0) is 23.4. The molecular weight excluding hydrogens is 513 g/mol. The van der Waals surface area contributed by atoms with Gasteiger partial charge in [-0.1, -0.05) is 45.7 Å². The number of hydrogen-bond acceptors (Lipinski definition) is 5. The molecular formula is C25H18BrClFNO4. The largest absolute Gasteiger partial charge is 0.490 e. The number of cyclic esters (lactones) is 1. The van der Waals surface area contributed by atoms with Gasteiger partial charge < -0.3 is 14.2 Å². The van der Waals surface area contributed by atoms with Crippen molar-refractivity contribution < 1.29 is 23.4 Å². The van der Waals surface area contributed by atoms with E-state index in [1.165, 1.54) is 24.3 Å². The van der Waals surface area contributed by atoms with Crippen LogP contribution in [0.4, 0.5) is 4.39 Å². The summed E-state index contributed by atoms with van der Waals surface area (Å²) in [6.45, 7) is 2.54. The van der Waals surface area contributed by atoms with Crippen LogP contribution < -0.4 is 9.47 Å². The second-order valence-corrected chi connectivity index (χ2v) is 8.35. The lowest BCUT2D eigenvalue weighted by atomic mass is 10.1. The molecule has 0 aliphatic carbocycles. The van der Waals surface area contributed by atoms with Gasteiger partial charge in [-0.15, -0.1) is 0 Å². The van der Waals surface area contributed by atoms with Crippen molar-refractivity contribution in [1.82, 2.24) is 0 Å². The summed E-state index contributed by atoms with van der Waals surface area (Å²) >= 11 is 9.94. The van der Waals surface area contributed by atoms with Crippen LogP contribution >= 0.6 is 27.5 Å². The number of nitrogens with zero attached hydrogens (tertiary/aromatic N) is 1. The van der Waals surface area contributed by atoms with Crippen LogP contribution in [0, 0.1) is 5.82 Å². The first kappa shape index (κ1) is 23.0. The predicted octanol–water partition coefficient (Wildman–Crippen LogP) is 6.56. The average molecular weight is 531 g/mol. The molecule has 0 unspecified atom stereocenters. The van der Waals surface area contributed by atoms with Gasteiger partial charge in [0.2, 0.25) is 5.90 Å². The van der Waals surface area contributed by atoms with Gasteiger partial charge >= 0.3 is 5.97 Å². The maximum atomic E-state index is 13.5. The molecule has 0 saturated carbocycles. The summed E-state index contributed by atoms with van der Waals surface area (Å²) in [5.41, 5.74) is 1.98. The van der Waals surface area contributed by atoms with Gasteiger partial charge in [0.05, 0.1) is 11.6 Å². The number of carbonyl (C=O) groups excluding carboxylic acids is 1. The number of carbonyl (C=O) groups is 1. The average Bonchev–Trinajstić information content (AvgIpc) is 3.14. The van der Waals surface area contributed by atoms with E-state index in [9.17, 15) is 9.18 Å². The Balaban J connectivity index is 1.61. The summed E-state index contributed by atoms with van der Waals surface area (Å²) < 4.78 is 31.3. The number of ether oxygens (including phenoxy) is 3. The fraction of sp³-hybridized carbons (Fsp3) is 0.120. The number of hydrogen-bond donors (Lipinski definition) is 0. The number of benzene rings is 3. The van der Waals surface area contributed by atoms with Crippen molar-refractivity contribution in [2.45, 2.75) is 13.5 Å². The molecule has 1 aliphatic heterocycles. The Labute approximate surface area is 203 Å². The molecule has 8 heteroatoms. The number of esters is 1. The van der Waals surface area contributed by atoms with Crippen molar-refractivity contribution in [1.29, 1.82) is 0 Å². The lowest BCUT2D eigenvalue weighted by Gasteiger charge is -2.14. The summed E-state index contributed by atoms with van der Waals surface area (Å²) in [5.74, 6) is -0.212. The van der Waals surface area contributed by atoms with Crippen LogP contribution in [-0.4, -0.2) is 18.5 Å². The predicted molar refractivity (Wildman–Crippen MR) is 128 cm³/mol. The Bertz CT molecular complexity index is 1280. The van der Waals surface area contributed by atoms with Crippen LogP contribution in [0.3, 0.4) is 0 Å². The van der Waals surface area contributed by atoms with Crippen LogP contribution in [0.15, 0.2) is 75.8 Å². The molecule has 0 aromatic heterocycles. The van der Waals surface area contributed by atoms with Crippen LogP contribution in [0.5, 0.6) is 11.5 Å². The molecule has 0 N–H and O–H groups in total. The molecule has 4 rings (SSSR count). The topological polar surface area (TPSA) is 57.1 Å².